The van der Waals surface area contributed by atoms with Crippen LogP contribution in [-0.2, 0) is 19.1 Å². The molecule has 28 heavy (non-hydrogen) atoms. The summed E-state index contributed by atoms with van der Waals surface area (Å²) in [4.78, 5) is 20.5. The zero-order chi connectivity index (χ0) is 21.7. The van der Waals surface area contributed by atoms with Crippen molar-refractivity contribution in [3.63, 3.8) is 0 Å². The lowest BCUT2D eigenvalue weighted by Crippen LogP contribution is -2.36. The molecule has 0 unspecified atom stereocenters. The highest BCUT2D eigenvalue weighted by atomic mass is 16.5. The van der Waals surface area contributed by atoms with Gasteiger partial charge < -0.3 is 24.6 Å². The molecule has 0 aromatic rings. The molecule has 1 rings (SSSR count). The summed E-state index contributed by atoms with van der Waals surface area (Å²) < 4.78 is 11.9. The largest absolute Gasteiger partial charge is 0.473 e. The standard InChI is InChI=1S/C19H39NO2.C2H2O4/c1-15(2)14-21-11-9-20(6)10-12-22-19-13-17(5)7-8-18(19)16(3)4;3-1(4)2(5)6/h15-19H,7-14H2,1-6H3;(H,3,4)(H,5,6)/t17-,18+,19-;/m1./s1. The third kappa shape index (κ3) is 13.1. The van der Waals surface area contributed by atoms with Gasteiger partial charge in [0.25, 0.3) is 0 Å². The topological polar surface area (TPSA) is 96.3 Å². The second-order valence-corrected chi connectivity index (χ2v) is 8.62. The van der Waals surface area contributed by atoms with Crippen LogP contribution < -0.4 is 0 Å². The lowest BCUT2D eigenvalue weighted by atomic mass is 9.75. The van der Waals surface area contributed by atoms with Crippen LogP contribution in [0.4, 0.5) is 0 Å². The third-order valence-corrected chi connectivity index (χ3v) is 5.02. The Bertz CT molecular complexity index is 429. The van der Waals surface area contributed by atoms with Gasteiger partial charge in [-0.1, -0.05) is 41.0 Å². The molecule has 0 aromatic carbocycles. The van der Waals surface area contributed by atoms with Crippen LogP contribution in [0, 0.1) is 23.7 Å². The van der Waals surface area contributed by atoms with Gasteiger partial charge in [-0.25, -0.2) is 9.59 Å². The summed E-state index contributed by atoms with van der Waals surface area (Å²) in [5.41, 5.74) is 0. The first-order valence-electron chi connectivity index (χ1n) is 10.4. The highest BCUT2D eigenvalue weighted by Gasteiger charge is 2.31. The van der Waals surface area contributed by atoms with Crippen molar-refractivity contribution in [2.75, 3.05) is 40.0 Å². The van der Waals surface area contributed by atoms with E-state index < -0.39 is 11.9 Å². The minimum Gasteiger partial charge on any atom is -0.473 e. The molecule has 0 bridgehead atoms. The second kappa shape index (κ2) is 14.8. The number of rotatable bonds is 10. The van der Waals surface area contributed by atoms with Crippen LogP contribution in [0.5, 0.6) is 0 Å². The van der Waals surface area contributed by atoms with Gasteiger partial charge in [-0.2, -0.15) is 0 Å². The Morgan fingerprint density at radius 1 is 1.04 bits per heavy atom. The predicted octanol–water partition coefficient (Wildman–Crippen LogP) is 3.22. The van der Waals surface area contributed by atoms with Gasteiger partial charge in [0.15, 0.2) is 0 Å². The van der Waals surface area contributed by atoms with E-state index >= 15 is 0 Å². The number of ether oxygens (including phenoxy) is 2. The van der Waals surface area contributed by atoms with Gasteiger partial charge >= 0.3 is 11.9 Å². The van der Waals surface area contributed by atoms with E-state index in [1.165, 1.54) is 19.3 Å². The summed E-state index contributed by atoms with van der Waals surface area (Å²) in [5.74, 6) is -0.724. The van der Waals surface area contributed by atoms with E-state index in [-0.39, 0.29) is 0 Å². The van der Waals surface area contributed by atoms with Gasteiger partial charge in [-0.05, 0) is 43.6 Å². The van der Waals surface area contributed by atoms with Gasteiger partial charge in [0.2, 0.25) is 0 Å². The molecule has 0 radical (unpaired) electrons. The zero-order valence-corrected chi connectivity index (χ0v) is 18.5. The van der Waals surface area contributed by atoms with Crippen LogP contribution in [0.1, 0.15) is 53.9 Å². The normalized spacial score (nSPS) is 22.2. The van der Waals surface area contributed by atoms with E-state index in [0.717, 1.165) is 50.7 Å². The van der Waals surface area contributed by atoms with Gasteiger partial charge in [0, 0.05) is 19.7 Å². The maximum atomic E-state index is 9.10. The van der Waals surface area contributed by atoms with Crippen LogP contribution in [0.15, 0.2) is 0 Å². The van der Waals surface area contributed by atoms with Crippen LogP contribution in [-0.4, -0.2) is 73.1 Å². The van der Waals surface area contributed by atoms with Crippen molar-refractivity contribution in [1.29, 1.82) is 0 Å². The highest BCUT2D eigenvalue weighted by molar-refractivity contribution is 6.27. The Labute approximate surface area is 170 Å². The Kier molecular flexibility index (Phi) is 14.1. The molecule has 0 aromatic heterocycles. The van der Waals surface area contributed by atoms with Crippen molar-refractivity contribution in [2.45, 2.75) is 60.0 Å². The summed E-state index contributed by atoms with van der Waals surface area (Å²) in [5, 5.41) is 14.8. The summed E-state index contributed by atoms with van der Waals surface area (Å²) in [6.45, 7) is 16.0. The molecule has 1 saturated carbocycles. The number of carboxylic acid groups (broad SMARTS) is 2. The van der Waals surface area contributed by atoms with E-state index in [9.17, 15) is 0 Å². The van der Waals surface area contributed by atoms with Gasteiger partial charge in [0.05, 0.1) is 19.3 Å². The van der Waals surface area contributed by atoms with E-state index in [4.69, 9.17) is 29.3 Å². The first kappa shape index (κ1) is 26.8. The fourth-order valence-electron chi connectivity index (χ4n) is 3.32. The average molecular weight is 404 g/mol. The first-order valence-corrected chi connectivity index (χ1v) is 10.4. The number of nitrogens with zero attached hydrogens (tertiary/aromatic N) is 1. The molecule has 0 heterocycles. The SMILES string of the molecule is CC(C)COCCN(C)CCO[C@@H]1C[C@H](C)CC[C@H]1C(C)C.O=C(O)C(=O)O. The quantitative estimate of drug-likeness (QED) is 0.427. The van der Waals surface area contributed by atoms with Crippen molar-refractivity contribution in [3.8, 4) is 0 Å². The van der Waals surface area contributed by atoms with Gasteiger partial charge in [-0.3, -0.25) is 0 Å². The molecule has 166 valence electrons. The summed E-state index contributed by atoms with van der Waals surface area (Å²) in [6.07, 6.45) is 4.41. The molecule has 0 amide bonds. The summed E-state index contributed by atoms with van der Waals surface area (Å²) in [7, 11) is 2.16. The van der Waals surface area contributed by atoms with Crippen LogP contribution >= 0.6 is 0 Å². The second-order valence-electron chi connectivity index (χ2n) is 8.62. The first-order chi connectivity index (χ1) is 13.0. The van der Waals surface area contributed by atoms with Crippen LogP contribution in [0.3, 0.4) is 0 Å². The Morgan fingerprint density at radius 2 is 1.61 bits per heavy atom. The molecule has 1 fully saturated rings. The summed E-state index contributed by atoms with van der Waals surface area (Å²) in [6, 6.07) is 0. The van der Waals surface area contributed by atoms with E-state index in [0.29, 0.717) is 12.0 Å². The summed E-state index contributed by atoms with van der Waals surface area (Å²) >= 11 is 0. The van der Waals surface area contributed by atoms with Crippen molar-refractivity contribution in [3.05, 3.63) is 0 Å². The van der Waals surface area contributed by atoms with Gasteiger partial charge in [-0.15, -0.1) is 0 Å². The predicted molar refractivity (Wildman–Crippen MR) is 110 cm³/mol. The molecule has 1 aliphatic carbocycles. The molecule has 3 atom stereocenters. The smallest absolute Gasteiger partial charge is 0.414 e. The number of hydrogen-bond acceptors (Lipinski definition) is 5. The lowest BCUT2D eigenvalue weighted by Gasteiger charge is -2.37. The number of carboxylic acids is 2. The Balaban J connectivity index is 0.00000105. The molecule has 7 nitrogen and oxygen atoms in total. The van der Waals surface area contributed by atoms with E-state index in [2.05, 4.69) is 46.6 Å². The maximum absolute atomic E-state index is 9.10. The lowest BCUT2D eigenvalue weighted by molar-refractivity contribution is -0.159. The minimum atomic E-state index is -1.82. The Morgan fingerprint density at radius 3 is 2.11 bits per heavy atom. The third-order valence-electron chi connectivity index (χ3n) is 5.02. The number of carbonyl (C=O) groups is 2. The molecular formula is C21H41NO6. The molecule has 1 aliphatic rings. The average Bonchev–Trinajstić information content (AvgIpc) is 2.59. The fraction of sp³-hybridized carbons (Fsp3) is 0.905. The molecule has 0 saturated heterocycles. The van der Waals surface area contributed by atoms with Crippen LogP contribution in [0.25, 0.3) is 0 Å². The zero-order valence-electron chi connectivity index (χ0n) is 18.5. The number of likely N-dealkylation sites (N-methyl/N-ethyl adjacent to an activating group) is 1. The van der Waals surface area contributed by atoms with Crippen molar-refractivity contribution < 1.29 is 29.3 Å². The molecule has 0 spiro atoms. The molecular weight excluding hydrogens is 362 g/mol. The molecule has 2 N–H and O–H groups in total. The van der Waals surface area contributed by atoms with Crippen LogP contribution in [0.2, 0.25) is 0 Å². The van der Waals surface area contributed by atoms with E-state index in [1.807, 2.05) is 0 Å². The number of hydrogen-bond donors (Lipinski definition) is 2. The number of aliphatic carboxylic acids is 2. The van der Waals surface area contributed by atoms with Gasteiger partial charge in [0.1, 0.15) is 0 Å². The van der Waals surface area contributed by atoms with Crippen molar-refractivity contribution >= 4 is 11.9 Å². The van der Waals surface area contributed by atoms with E-state index in [1.54, 1.807) is 0 Å². The highest BCUT2D eigenvalue weighted by Crippen LogP contribution is 2.35. The minimum absolute atomic E-state index is 0.467. The monoisotopic (exact) mass is 403 g/mol. The molecule has 7 heteroatoms. The van der Waals surface area contributed by atoms with Crippen molar-refractivity contribution in [2.24, 2.45) is 23.7 Å². The van der Waals surface area contributed by atoms with Crippen molar-refractivity contribution in [1.82, 2.24) is 4.90 Å². The molecule has 0 aliphatic heterocycles. The maximum Gasteiger partial charge on any atom is 0.414 e. The Hall–Kier alpha value is -1.18. The fourth-order valence-corrected chi connectivity index (χ4v) is 3.32.